The van der Waals surface area contributed by atoms with Crippen molar-refractivity contribution in [2.75, 3.05) is 0 Å². The Hall–Kier alpha value is -1.48. The minimum Gasteiger partial charge on any atom is -0.473 e. The van der Waals surface area contributed by atoms with Crippen LogP contribution in [-0.4, -0.2) is 15.9 Å². The molecule has 2 aromatic rings. The Morgan fingerprint density at radius 2 is 1.88 bits per heavy atom. The molecule has 17 heavy (non-hydrogen) atoms. The number of nitrogens with zero attached hydrogens (tertiary/aromatic N) is 2. The number of rotatable bonds is 3. The van der Waals surface area contributed by atoms with Crippen molar-refractivity contribution in [1.82, 2.24) is 9.78 Å². The summed E-state index contributed by atoms with van der Waals surface area (Å²) in [4.78, 5) is 0. The van der Waals surface area contributed by atoms with Crippen LogP contribution >= 0.6 is 11.6 Å². The lowest BCUT2D eigenvalue weighted by Gasteiger charge is -2.08. The normalized spacial score (nSPS) is 10.9. The van der Waals surface area contributed by atoms with Crippen molar-refractivity contribution >= 4 is 11.6 Å². The Bertz CT molecular complexity index is 503. The summed E-state index contributed by atoms with van der Waals surface area (Å²) < 4.78 is 7.44. The van der Waals surface area contributed by atoms with Gasteiger partial charge in [0.2, 0.25) is 5.88 Å². The molecule has 3 nitrogen and oxygen atoms in total. The zero-order chi connectivity index (χ0) is 12.4. The topological polar surface area (TPSA) is 27.1 Å². The largest absolute Gasteiger partial charge is 0.473 e. The Morgan fingerprint density at radius 1 is 1.24 bits per heavy atom. The van der Waals surface area contributed by atoms with Gasteiger partial charge in [0.25, 0.3) is 0 Å². The average Bonchev–Trinajstić information content (AvgIpc) is 2.59. The zero-order valence-corrected chi connectivity index (χ0v) is 10.9. The number of aryl methyl sites for hydroxylation is 1. The van der Waals surface area contributed by atoms with Crippen LogP contribution in [0.1, 0.15) is 13.8 Å². The third-order valence-corrected chi connectivity index (χ3v) is 2.55. The highest BCUT2D eigenvalue weighted by Crippen LogP contribution is 2.29. The van der Waals surface area contributed by atoms with Gasteiger partial charge in [-0.05, 0) is 31.5 Å². The SMILES string of the molecule is CC(C)Oc1nn(C)cc1-c1ccc(Cl)cc1. The van der Waals surface area contributed by atoms with Crippen LogP contribution in [0.2, 0.25) is 5.02 Å². The Balaban J connectivity index is 2.40. The molecular weight excluding hydrogens is 236 g/mol. The summed E-state index contributed by atoms with van der Waals surface area (Å²) in [6.45, 7) is 3.97. The first-order valence-electron chi connectivity index (χ1n) is 5.52. The van der Waals surface area contributed by atoms with E-state index in [9.17, 15) is 0 Å². The predicted octanol–water partition coefficient (Wildman–Crippen LogP) is 3.53. The maximum atomic E-state index is 5.88. The number of ether oxygens (including phenoxy) is 1. The summed E-state index contributed by atoms with van der Waals surface area (Å²) >= 11 is 5.88. The van der Waals surface area contributed by atoms with Crippen molar-refractivity contribution in [3.8, 4) is 17.0 Å². The van der Waals surface area contributed by atoms with E-state index in [1.165, 1.54) is 0 Å². The van der Waals surface area contributed by atoms with Crippen LogP contribution < -0.4 is 4.74 Å². The molecule has 1 heterocycles. The molecule has 0 bridgehead atoms. The van der Waals surface area contributed by atoms with E-state index >= 15 is 0 Å². The van der Waals surface area contributed by atoms with E-state index < -0.39 is 0 Å². The van der Waals surface area contributed by atoms with Crippen molar-refractivity contribution in [2.24, 2.45) is 7.05 Å². The summed E-state index contributed by atoms with van der Waals surface area (Å²) in [6, 6.07) is 7.66. The first-order chi connectivity index (χ1) is 8.06. The summed E-state index contributed by atoms with van der Waals surface area (Å²) in [5.41, 5.74) is 2.04. The lowest BCUT2D eigenvalue weighted by Crippen LogP contribution is -2.07. The molecule has 0 radical (unpaired) electrons. The van der Waals surface area contributed by atoms with Crippen LogP contribution in [0.5, 0.6) is 5.88 Å². The van der Waals surface area contributed by atoms with Gasteiger partial charge < -0.3 is 4.74 Å². The van der Waals surface area contributed by atoms with E-state index in [0.717, 1.165) is 16.1 Å². The molecule has 0 saturated carbocycles. The fraction of sp³-hybridized carbons (Fsp3) is 0.308. The molecule has 0 N–H and O–H groups in total. The summed E-state index contributed by atoms with van der Waals surface area (Å²) in [7, 11) is 1.88. The minimum atomic E-state index is 0.107. The quantitative estimate of drug-likeness (QED) is 0.833. The van der Waals surface area contributed by atoms with Crippen LogP contribution in [0.25, 0.3) is 11.1 Å². The van der Waals surface area contributed by atoms with Gasteiger partial charge in [-0.25, -0.2) is 0 Å². The highest BCUT2D eigenvalue weighted by atomic mass is 35.5. The molecule has 0 unspecified atom stereocenters. The molecule has 2 rings (SSSR count). The second kappa shape index (κ2) is 4.80. The number of benzene rings is 1. The van der Waals surface area contributed by atoms with Crippen LogP contribution in [0.4, 0.5) is 0 Å². The fourth-order valence-corrected chi connectivity index (χ4v) is 1.73. The van der Waals surface area contributed by atoms with Crippen LogP contribution in [0, 0.1) is 0 Å². The molecule has 0 atom stereocenters. The van der Waals surface area contributed by atoms with Crippen LogP contribution in [-0.2, 0) is 7.05 Å². The minimum absolute atomic E-state index is 0.107. The van der Waals surface area contributed by atoms with Crippen molar-refractivity contribution in [3.05, 3.63) is 35.5 Å². The lowest BCUT2D eigenvalue weighted by atomic mass is 10.1. The van der Waals surface area contributed by atoms with Crippen molar-refractivity contribution in [1.29, 1.82) is 0 Å². The monoisotopic (exact) mass is 250 g/mol. The highest BCUT2D eigenvalue weighted by molar-refractivity contribution is 6.30. The Labute approximate surface area is 106 Å². The van der Waals surface area contributed by atoms with Gasteiger partial charge in [0.15, 0.2) is 0 Å². The van der Waals surface area contributed by atoms with Gasteiger partial charge in [-0.3, -0.25) is 4.68 Å². The average molecular weight is 251 g/mol. The smallest absolute Gasteiger partial charge is 0.240 e. The highest BCUT2D eigenvalue weighted by Gasteiger charge is 2.12. The molecule has 0 aliphatic carbocycles. The maximum absolute atomic E-state index is 5.88. The first kappa shape index (κ1) is 12.0. The Kier molecular flexibility index (Phi) is 3.38. The van der Waals surface area contributed by atoms with E-state index in [1.807, 2.05) is 51.4 Å². The van der Waals surface area contributed by atoms with Crippen molar-refractivity contribution in [3.63, 3.8) is 0 Å². The molecule has 0 aliphatic heterocycles. The first-order valence-corrected chi connectivity index (χ1v) is 5.90. The number of aromatic nitrogens is 2. The van der Waals surface area contributed by atoms with Gasteiger partial charge in [0, 0.05) is 18.3 Å². The number of hydrogen-bond acceptors (Lipinski definition) is 2. The summed E-state index contributed by atoms with van der Waals surface area (Å²) in [5.74, 6) is 0.657. The molecule has 90 valence electrons. The zero-order valence-electron chi connectivity index (χ0n) is 10.1. The molecule has 1 aromatic heterocycles. The summed E-state index contributed by atoms with van der Waals surface area (Å²) in [6.07, 6.45) is 2.05. The molecule has 1 aromatic carbocycles. The van der Waals surface area contributed by atoms with E-state index in [-0.39, 0.29) is 6.10 Å². The Morgan fingerprint density at radius 3 is 2.47 bits per heavy atom. The third kappa shape index (κ3) is 2.80. The van der Waals surface area contributed by atoms with E-state index in [4.69, 9.17) is 16.3 Å². The second-order valence-corrected chi connectivity index (χ2v) is 4.63. The van der Waals surface area contributed by atoms with Gasteiger partial charge in [0.1, 0.15) is 0 Å². The third-order valence-electron chi connectivity index (χ3n) is 2.30. The number of hydrogen-bond donors (Lipinski definition) is 0. The molecule has 0 spiro atoms. The lowest BCUT2D eigenvalue weighted by molar-refractivity contribution is 0.231. The molecule has 0 fully saturated rings. The van der Waals surface area contributed by atoms with Gasteiger partial charge in [-0.15, -0.1) is 5.10 Å². The van der Waals surface area contributed by atoms with E-state index in [1.54, 1.807) is 4.68 Å². The van der Waals surface area contributed by atoms with E-state index in [2.05, 4.69) is 5.10 Å². The van der Waals surface area contributed by atoms with Crippen molar-refractivity contribution in [2.45, 2.75) is 20.0 Å². The number of halogens is 1. The predicted molar refractivity (Wildman–Crippen MR) is 69.4 cm³/mol. The molecule has 4 heteroatoms. The maximum Gasteiger partial charge on any atom is 0.240 e. The molecule has 0 amide bonds. The molecule has 0 aliphatic rings. The summed E-state index contributed by atoms with van der Waals surface area (Å²) in [5, 5.41) is 5.04. The van der Waals surface area contributed by atoms with Crippen LogP contribution in [0.15, 0.2) is 30.5 Å². The van der Waals surface area contributed by atoms with Gasteiger partial charge in [-0.2, -0.15) is 0 Å². The van der Waals surface area contributed by atoms with Gasteiger partial charge >= 0.3 is 0 Å². The second-order valence-electron chi connectivity index (χ2n) is 4.20. The van der Waals surface area contributed by atoms with Crippen LogP contribution in [0.3, 0.4) is 0 Å². The molecule has 0 saturated heterocycles. The standard InChI is InChI=1S/C13H15ClN2O/c1-9(2)17-13-12(8-16(3)15-13)10-4-6-11(14)7-5-10/h4-9H,1-3H3. The van der Waals surface area contributed by atoms with Crippen molar-refractivity contribution < 1.29 is 4.74 Å². The van der Waals surface area contributed by atoms with Gasteiger partial charge in [0.05, 0.1) is 11.7 Å². The van der Waals surface area contributed by atoms with E-state index in [0.29, 0.717) is 5.88 Å². The van der Waals surface area contributed by atoms with Gasteiger partial charge in [-0.1, -0.05) is 23.7 Å². The molecular formula is C13H15ClN2O. The fourth-order valence-electron chi connectivity index (χ4n) is 1.61.